The molecule has 1 aliphatic rings. The quantitative estimate of drug-likeness (QED) is 0.216. The van der Waals surface area contributed by atoms with Gasteiger partial charge < -0.3 is 24.3 Å². The zero-order valence-corrected chi connectivity index (χ0v) is 21.5. The van der Waals surface area contributed by atoms with E-state index in [0.29, 0.717) is 26.4 Å². The normalized spacial score (nSPS) is 14.1. The molecule has 0 atom stereocenters. The van der Waals surface area contributed by atoms with Crippen LogP contribution in [0.1, 0.15) is 37.8 Å². The molecule has 2 aromatic carbocycles. The number of imide groups is 1. The first kappa shape index (κ1) is 26.0. The number of urea groups is 1. The van der Waals surface area contributed by atoms with Gasteiger partial charge >= 0.3 is 18.0 Å². The van der Waals surface area contributed by atoms with Crippen LogP contribution in [-0.2, 0) is 22.7 Å². The first-order valence-electron chi connectivity index (χ1n) is 10.6. The lowest BCUT2D eigenvalue weighted by atomic mass is 10.1. The number of ether oxygens (including phenoxy) is 2. The van der Waals surface area contributed by atoms with E-state index in [4.69, 9.17) is 20.8 Å². The van der Waals surface area contributed by atoms with Crippen LogP contribution in [0.15, 0.2) is 63.1 Å². The molecule has 3 amide bonds. The van der Waals surface area contributed by atoms with Gasteiger partial charge in [0.1, 0.15) is 23.8 Å². The molecular formula is C25H18BrClN2O8. The van der Waals surface area contributed by atoms with Gasteiger partial charge in [-0.1, -0.05) is 23.7 Å². The van der Waals surface area contributed by atoms with E-state index >= 15 is 0 Å². The number of carbonyl (C=O) groups is 4. The Labute approximate surface area is 223 Å². The minimum atomic E-state index is -1.06. The molecule has 4 rings (SSSR count). The molecule has 2 heterocycles. The first-order valence-corrected chi connectivity index (χ1v) is 11.8. The highest BCUT2D eigenvalue weighted by Gasteiger charge is 2.34. The monoisotopic (exact) mass is 588 g/mol. The summed E-state index contributed by atoms with van der Waals surface area (Å²) in [6.07, 6.45) is 1.42. The number of nitrogens with zero attached hydrogens (tertiary/aromatic N) is 1. The highest BCUT2D eigenvalue weighted by atomic mass is 79.9. The molecule has 0 radical (unpaired) electrons. The van der Waals surface area contributed by atoms with Crippen molar-refractivity contribution in [2.75, 3.05) is 7.11 Å². The summed E-state index contributed by atoms with van der Waals surface area (Å²) in [6.45, 7) is -0.174. The molecule has 37 heavy (non-hydrogen) atoms. The van der Waals surface area contributed by atoms with Gasteiger partial charge in [-0.25, -0.2) is 14.4 Å². The molecule has 3 aromatic rings. The largest absolute Gasteiger partial charge is 0.487 e. The summed E-state index contributed by atoms with van der Waals surface area (Å²) in [5.41, 5.74) is 1.09. The van der Waals surface area contributed by atoms with Crippen molar-refractivity contribution < 1.29 is 38.2 Å². The molecule has 1 aromatic heterocycles. The van der Waals surface area contributed by atoms with Crippen molar-refractivity contribution in [2.45, 2.75) is 13.2 Å². The van der Waals surface area contributed by atoms with E-state index in [-0.39, 0.29) is 35.9 Å². The summed E-state index contributed by atoms with van der Waals surface area (Å²) >= 11 is 9.60. The van der Waals surface area contributed by atoms with Crippen molar-refractivity contribution in [3.05, 3.63) is 91.9 Å². The number of methoxy groups -OCH3 is 1. The van der Waals surface area contributed by atoms with E-state index in [2.05, 4.69) is 26.0 Å². The Balaban J connectivity index is 1.56. The number of rotatable bonds is 8. The van der Waals surface area contributed by atoms with Crippen LogP contribution in [0.3, 0.4) is 0 Å². The number of halogens is 2. The lowest BCUT2D eigenvalue weighted by Crippen LogP contribution is -2.30. The average Bonchev–Trinajstić information content (AvgIpc) is 3.43. The lowest BCUT2D eigenvalue weighted by Gasteiger charge is -2.13. The summed E-state index contributed by atoms with van der Waals surface area (Å²) in [4.78, 5) is 49.2. The topological polar surface area (TPSA) is 135 Å². The van der Waals surface area contributed by atoms with Crippen LogP contribution in [0.5, 0.6) is 5.75 Å². The van der Waals surface area contributed by atoms with Gasteiger partial charge in [0.05, 0.1) is 23.7 Å². The number of carboxylic acid groups (broad SMARTS) is 1. The smallest absolute Gasteiger partial charge is 0.373 e. The van der Waals surface area contributed by atoms with Crippen LogP contribution < -0.4 is 10.1 Å². The summed E-state index contributed by atoms with van der Waals surface area (Å²) in [5.74, 6) is -1.89. The van der Waals surface area contributed by atoms with E-state index in [1.54, 1.807) is 24.3 Å². The predicted octanol–water partition coefficient (Wildman–Crippen LogP) is 4.85. The number of carboxylic acids is 1. The first-order chi connectivity index (χ1) is 17.7. The second-order valence-electron chi connectivity index (χ2n) is 7.74. The number of hydrogen-bond acceptors (Lipinski definition) is 7. The fraction of sp³-hybridized carbons (Fsp3) is 0.120. The standard InChI is InChI=1S/C25H18BrClN2O8/c1-35-24(33)20-6-5-17(37-20)11-29-22(30)19(28-25(29)34)9-15-8-16(27)10-18(26)21(15)36-12-13-3-2-4-14(7-13)23(31)32/h2-10H,11-12H2,1H3,(H,28,34)(H,31,32)/b19-9-. The number of carbonyl (C=O) groups excluding carboxylic acids is 3. The molecule has 1 aliphatic heterocycles. The van der Waals surface area contributed by atoms with E-state index in [1.807, 2.05) is 0 Å². The zero-order valence-electron chi connectivity index (χ0n) is 19.1. The molecule has 1 fully saturated rings. The number of furan rings is 1. The summed E-state index contributed by atoms with van der Waals surface area (Å²) in [5, 5.41) is 12.1. The molecule has 2 N–H and O–H groups in total. The fourth-order valence-corrected chi connectivity index (χ4v) is 4.44. The van der Waals surface area contributed by atoms with E-state index in [0.717, 1.165) is 4.90 Å². The highest BCUT2D eigenvalue weighted by Crippen LogP contribution is 2.35. The SMILES string of the molecule is COC(=O)c1ccc(CN2C(=O)N/C(=C\c3cc(Cl)cc(Br)c3OCc3cccc(C(=O)O)c3)C2=O)o1. The molecule has 0 bridgehead atoms. The highest BCUT2D eigenvalue weighted by molar-refractivity contribution is 9.10. The Hall–Kier alpha value is -4.09. The van der Waals surface area contributed by atoms with Gasteiger partial charge in [0, 0.05) is 10.6 Å². The third kappa shape index (κ3) is 5.84. The molecular weight excluding hydrogens is 572 g/mol. The molecule has 0 spiro atoms. The van der Waals surface area contributed by atoms with Crippen molar-refractivity contribution in [3.63, 3.8) is 0 Å². The van der Waals surface area contributed by atoms with Crippen molar-refractivity contribution in [1.82, 2.24) is 10.2 Å². The molecule has 0 unspecified atom stereocenters. The molecule has 12 heteroatoms. The molecule has 10 nitrogen and oxygen atoms in total. The van der Waals surface area contributed by atoms with Gasteiger partial charge in [-0.05, 0) is 64.0 Å². The van der Waals surface area contributed by atoms with Gasteiger partial charge in [0.25, 0.3) is 5.91 Å². The lowest BCUT2D eigenvalue weighted by molar-refractivity contribution is -0.123. The number of nitrogens with one attached hydrogen (secondary N) is 1. The fourth-order valence-electron chi connectivity index (χ4n) is 3.49. The Bertz CT molecular complexity index is 1450. The minimum Gasteiger partial charge on any atom is -0.487 e. The van der Waals surface area contributed by atoms with Crippen LogP contribution in [0.2, 0.25) is 5.02 Å². The third-order valence-electron chi connectivity index (χ3n) is 5.22. The van der Waals surface area contributed by atoms with Crippen molar-refractivity contribution in [3.8, 4) is 5.75 Å². The number of benzene rings is 2. The molecule has 1 saturated heterocycles. The maximum Gasteiger partial charge on any atom is 0.373 e. The van der Waals surface area contributed by atoms with Crippen molar-refractivity contribution in [2.24, 2.45) is 0 Å². The Kier molecular flexibility index (Phi) is 7.65. The number of amides is 3. The third-order valence-corrected chi connectivity index (χ3v) is 6.03. The summed E-state index contributed by atoms with van der Waals surface area (Å²) < 4.78 is 16.4. The van der Waals surface area contributed by atoms with Crippen LogP contribution in [0.4, 0.5) is 4.79 Å². The van der Waals surface area contributed by atoms with Crippen LogP contribution in [0.25, 0.3) is 6.08 Å². The maximum absolute atomic E-state index is 13.0. The number of aromatic carboxylic acids is 1. The van der Waals surface area contributed by atoms with Gasteiger partial charge in [-0.15, -0.1) is 0 Å². The Morgan fingerprint density at radius 1 is 1.19 bits per heavy atom. The summed E-state index contributed by atoms with van der Waals surface area (Å²) in [6, 6.07) is 11.6. The van der Waals surface area contributed by atoms with Gasteiger partial charge in [-0.2, -0.15) is 0 Å². The molecule has 0 saturated carbocycles. The van der Waals surface area contributed by atoms with E-state index in [1.165, 1.54) is 37.5 Å². The van der Waals surface area contributed by atoms with Crippen molar-refractivity contribution in [1.29, 1.82) is 0 Å². The van der Waals surface area contributed by atoms with Crippen molar-refractivity contribution >= 4 is 57.5 Å². The average molecular weight is 590 g/mol. The van der Waals surface area contributed by atoms with Gasteiger partial charge in [0.15, 0.2) is 0 Å². The number of hydrogen-bond donors (Lipinski definition) is 2. The minimum absolute atomic E-state index is 0.0309. The molecule has 0 aliphatic carbocycles. The zero-order chi connectivity index (χ0) is 26.7. The van der Waals surface area contributed by atoms with E-state index < -0.39 is 23.9 Å². The second-order valence-corrected chi connectivity index (χ2v) is 9.03. The van der Waals surface area contributed by atoms with Crippen LogP contribution >= 0.6 is 27.5 Å². The Morgan fingerprint density at radius 3 is 2.70 bits per heavy atom. The summed E-state index contributed by atoms with van der Waals surface area (Å²) in [7, 11) is 1.21. The predicted molar refractivity (Wildman–Crippen MR) is 134 cm³/mol. The van der Waals surface area contributed by atoms with E-state index in [9.17, 15) is 24.3 Å². The Morgan fingerprint density at radius 2 is 1.97 bits per heavy atom. The number of esters is 1. The maximum atomic E-state index is 13.0. The van der Waals surface area contributed by atoms with Gasteiger partial charge in [0.2, 0.25) is 5.76 Å². The van der Waals surface area contributed by atoms with Crippen LogP contribution in [0, 0.1) is 0 Å². The second kappa shape index (κ2) is 10.9. The molecule has 190 valence electrons. The van der Waals surface area contributed by atoms with Gasteiger partial charge in [-0.3, -0.25) is 9.69 Å². The van der Waals surface area contributed by atoms with Crippen LogP contribution in [-0.4, -0.2) is 41.0 Å².